The maximum atomic E-state index is 13.9. The fourth-order valence-corrected chi connectivity index (χ4v) is 6.16. The molecule has 1 aliphatic rings. The van der Waals surface area contributed by atoms with Gasteiger partial charge in [-0.2, -0.15) is 4.31 Å². The third-order valence-electron chi connectivity index (χ3n) is 6.61. The van der Waals surface area contributed by atoms with Gasteiger partial charge in [0.1, 0.15) is 6.04 Å². The molecular weight excluding hydrogens is 534 g/mol. The Hall–Kier alpha value is -4.22. The van der Waals surface area contributed by atoms with Crippen LogP contribution in [0.25, 0.3) is 0 Å². The van der Waals surface area contributed by atoms with E-state index in [1.165, 1.54) is 45.4 Å². The first-order valence-corrected chi connectivity index (χ1v) is 14.0. The van der Waals surface area contributed by atoms with E-state index in [0.29, 0.717) is 22.9 Å². The number of carbonyl (C=O) groups is 3. The van der Waals surface area contributed by atoms with Gasteiger partial charge in [-0.15, -0.1) is 0 Å². The highest BCUT2D eigenvalue weighted by molar-refractivity contribution is 7.89. The van der Waals surface area contributed by atoms with Crippen LogP contribution in [-0.2, 0) is 30.8 Å². The van der Waals surface area contributed by atoms with Crippen molar-refractivity contribution in [1.29, 1.82) is 0 Å². The zero-order valence-corrected chi connectivity index (χ0v) is 23.5. The number of amides is 3. The third kappa shape index (κ3) is 6.00. The van der Waals surface area contributed by atoms with Gasteiger partial charge in [-0.3, -0.25) is 14.4 Å². The number of aryl methyl sites for hydroxylation is 1. The summed E-state index contributed by atoms with van der Waals surface area (Å²) in [5.74, 6) is -0.370. The second kappa shape index (κ2) is 11.9. The summed E-state index contributed by atoms with van der Waals surface area (Å²) in [6.07, 6.45) is -0.0477. The van der Waals surface area contributed by atoms with E-state index in [1.54, 1.807) is 42.5 Å². The molecule has 0 saturated carbocycles. The summed E-state index contributed by atoms with van der Waals surface area (Å²) in [5.41, 5.74) is 2.54. The van der Waals surface area contributed by atoms with Gasteiger partial charge in [0.25, 0.3) is 5.91 Å². The Morgan fingerprint density at radius 2 is 1.62 bits per heavy atom. The summed E-state index contributed by atoms with van der Waals surface area (Å²) in [7, 11) is -1.21. The van der Waals surface area contributed by atoms with Gasteiger partial charge in [0.05, 0.1) is 31.2 Å². The highest BCUT2D eigenvalue weighted by Gasteiger charge is 2.46. The molecule has 1 atom stereocenters. The fourth-order valence-electron chi connectivity index (χ4n) is 4.57. The number of imide groups is 1. The molecule has 0 spiro atoms. The summed E-state index contributed by atoms with van der Waals surface area (Å²) in [6.45, 7) is 3.17. The van der Waals surface area contributed by atoms with E-state index in [0.717, 1.165) is 20.3 Å². The Morgan fingerprint density at radius 3 is 2.23 bits per heavy atom. The van der Waals surface area contributed by atoms with Crippen molar-refractivity contribution in [3.05, 3.63) is 77.9 Å². The van der Waals surface area contributed by atoms with Crippen LogP contribution in [0.15, 0.2) is 71.6 Å². The maximum Gasteiger partial charge on any atom is 0.252 e. The number of sulfonamides is 1. The number of anilines is 2. The molecule has 1 aliphatic heterocycles. The minimum Gasteiger partial charge on any atom is -0.493 e. The largest absolute Gasteiger partial charge is 0.493 e. The van der Waals surface area contributed by atoms with Crippen LogP contribution < -0.4 is 19.7 Å². The molecule has 3 aromatic rings. The summed E-state index contributed by atoms with van der Waals surface area (Å²) in [5, 5.41) is 2.60. The number of nitrogens with zero attached hydrogens (tertiary/aromatic N) is 2. The van der Waals surface area contributed by atoms with Gasteiger partial charge in [0.2, 0.25) is 21.8 Å². The average Bonchev–Trinajstić information content (AvgIpc) is 3.22. The van der Waals surface area contributed by atoms with Crippen molar-refractivity contribution >= 4 is 39.1 Å². The highest BCUT2D eigenvalue weighted by atomic mass is 32.2. The third-order valence-corrected chi connectivity index (χ3v) is 8.54. The zero-order chi connectivity index (χ0) is 29.0. The summed E-state index contributed by atoms with van der Waals surface area (Å²) < 4.78 is 39.6. The number of nitrogens with one attached hydrogen (secondary N) is 1. The van der Waals surface area contributed by atoms with Crippen LogP contribution in [0, 0.1) is 6.92 Å². The molecule has 0 aliphatic carbocycles. The predicted octanol–water partition coefficient (Wildman–Crippen LogP) is 3.54. The standard InChI is InChI=1S/C29H31N3O7S/c1-19-5-10-23(11-6-19)32-28(34)18-25(29(32)35)31(16-15-21-7-14-26(38-3)27(17-21)39-4)40(36,37)24-12-8-22(9-13-24)30-20(2)33/h5-14,17,25H,15-16,18H2,1-4H3,(H,30,33). The van der Waals surface area contributed by atoms with E-state index < -0.39 is 27.9 Å². The van der Waals surface area contributed by atoms with Crippen LogP contribution >= 0.6 is 0 Å². The van der Waals surface area contributed by atoms with Crippen molar-refractivity contribution in [2.24, 2.45) is 0 Å². The first-order valence-electron chi connectivity index (χ1n) is 12.6. The molecule has 4 rings (SSSR count). The SMILES string of the molecule is COc1ccc(CCN(C2CC(=O)N(c3ccc(C)cc3)C2=O)S(=O)(=O)c2ccc(NC(C)=O)cc2)cc1OC. The van der Waals surface area contributed by atoms with E-state index in [2.05, 4.69) is 5.32 Å². The summed E-state index contributed by atoms with van der Waals surface area (Å²) >= 11 is 0. The number of rotatable bonds is 10. The van der Waals surface area contributed by atoms with Gasteiger partial charge >= 0.3 is 0 Å². The van der Waals surface area contributed by atoms with E-state index >= 15 is 0 Å². The van der Waals surface area contributed by atoms with Crippen molar-refractivity contribution in [3.8, 4) is 11.5 Å². The van der Waals surface area contributed by atoms with Crippen LogP contribution in [0.2, 0.25) is 0 Å². The Balaban J connectivity index is 1.69. The first kappa shape index (κ1) is 28.8. The van der Waals surface area contributed by atoms with Gasteiger partial charge in [-0.25, -0.2) is 13.3 Å². The van der Waals surface area contributed by atoms with Crippen LogP contribution in [0.5, 0.6) is 11.5 Å². The molecule has 1 heterocycles. The van der Waals surface area contributed by atoms with Gasteiger partial charge in [-0.05, 0) is 67.4 Å². The molecule has 1 N–H and O–H groups in total. The lowest BCUT2D eigenvalue weighted by molar-refractivity contribution is -0.122. The van der Waals surface area contributed by atoms with Gasteiger partial charge < -0.3 is 14.8 Å². The number of hydrogen-bond donors (Lipinski definition) is 1. The monoisotopic (exact) mass is 565 g/mol. The van der Waals surface area contributed by atoms with Crippen molar-refractivity contribution in [3.63, 3.8) is 0 Å². The van der Waals surface area contributed by atoms with Crippen molar-refractivity contribution in [1.82, 2.24) is 4.31 Å². The highest BCUT2D eigenvalue weighted by Crippen LogP contribution is 2.31. The minimum absolute atomic E-state index is 0.0667. The van der Waals surface area contributed by atoms with Crippen LogP contribution in [0.4, 0.5) is 11.4 Å². The molecule has 3 aromatic carbocycles. The van der Waals surface area contributed by atoms with Crippen LogP contribution in [0.3, 0.4) is 0 Å². The minimum atomic E-state index is -4.23. The zero-order valence-electron chi connectivity index (χ0n) is 22.7. The second-order valence-electron chi connectivity index (χ2n) is 9.38. The smallest absolute Gasteiger partial charge is 0.252 e. The van der Waals surface area contributed by atoms with E-state index in [1.807, 2.05) is 6.92 Å². The van der Waals surface area contributed by atoms with E-state index in [9.17, 15) is 22.8 Å². The molecule has 1 unspecified atom stereocenters. The molecule has 10 nitrogen and oxygen atoms in total. The quantitative estimate of drug-likeness (QED) is 0.373. The lowest BCUT2D eigenvalue weighted by Crippen LogP contribution is -2.46. The molecule has 0 radical (unpaired) electrons. The van der Waals surface area contributed by atoms with Crippen molar-refractivity contribution in [2.45, 2.75) is 37.6 Å². The number of methoxy groups -OCH3 is 2. The Kier molecular flexibility index (Phi) is 8.55. The van der Waals surface area contributed by atoms with E-state index in [-0.39, 0.29) is 30.2 Å². The molecule has 0 aromatic heterocycles. The average molecular weight is 566 g/mol. The Bertz CT molecular complexity index is 1520. The van der Waals surface area contributed by atoms with Crippen molar-refractivity contribution < 1.29 is 32.3 Å². The molecule has 210 valence electrons. The molecule has 3 amide bonds. The lowest BCUT2D eigenvalue weighted by atomic mass is 10.1. The first-order chi connectivity index (χ1) is 19.0. The molecule has 1 saturated heterocycles. The maximum absolute atomic E-state index is 13.9. The topological polar surface area (TPSA) is 122 Å². The number of benzene rings is 3. The van der Waals surface area contributed by atoms with Crippen LogP contribution in [0.1, 0.15) is 24.5 Å². The van der Waals surface area contributed by atoms with Crippen molar-refractivity contribution in [2.75, 3.05) is 31.0 Å². The Labute approximate surface area is 233 Å². The molecular formula is C29H31N3O7S. The number of hydrogen-bond acceptors (Lipinski definition) is 7. The normalized spacial score (nSPS) is 15.4. The second-order valence-corrected chi connectivity index (χ2v) is 11.3. The summed E-state index contributed by atoms with van der Waals surface area (Å²) in [6, 6.07) is 16.6. The lowest BCUT2D eigenvalue weighted by Gasteiger charge is -2.27. The fraction of sp³-hybridized carbons (Fsp3) is 0.276. The van der Waals surface area contributed by atoms with Gasteiger partial charge in [0.15, 0.2) is 11.5 Å². The summed E-state index contributed by atoms with van der Waals surface area (Å²) in [4.78, 5) is 39.0. The number of ether oxygens (including phenoxy) is 2. The molecule has 40 heavy (non-hydrogen) atoms. The predicted molar refractivity (Wildman–Crippen MR) is 150 cm³/mol. The van der Waals surface area contributed by atoms with E-state index in [4.69, 9.17) is 9.47 Å². The number of carbonyl (C=O) groups excluding carboxylic acids is 3. The molecule has 1 fully saturated rings. The molecule has 0 bridgehead atoms. The Morgan fingerprint density at radius 1 is 0.975 bits per heavy atom. The molecule has 11 heteroatoms. The van der Waals surface area contributed by atoms with Gasteiger partial charge in [0, 0.05) is 19.2 Å². The van der Waals surface area contributed by atoms with Crippen LogP contribution in [-0.4, -0.2) is 57.3 Å². The van der Waals surface area contributed by atoms with Gasteiger partial charge in [-0.1, -0.05) is 23.8 Å².